The second kappa shape index (κ2) is 4.23. The summed E-state index contributed by atoms with van der Waals surface area (Å²) < 4.78 is 4.66. The molecular formula is C9H13N3O2. The second-order valence-corrected chi connectivity index (χ2v) is 3.44. The summed E-state index contributed by atoms with van der Waals surface area (Å²) >= 11 is 0. The predicted octanol–water partition coefficient (Wildman–Crippen LogP) is 0.0428. The smallest absolute Gasteiger partial charge is 0.234 e. The third kappa shape index (κ3) is 2.85. The Labute approximate surface area is 81.8 Å². The Bertz CT molecular complexity index is 293. The first-order valence-electron chi connectivity index (χ1n) is 4.74. The molecule has 5 heteroatoms. The zero-order chi connectivity index (χ0) is 9.80. The molecule has 2 N–H and O–H groups in total. The highest BCUT2D eigenvalue weighted by atomic mass is 16.5. The van der Waals surface area contributed by atoms with E-state index in [0.717, 1.165) is 18.5 Å². The van der Waals surface area contributed by atoms with Crippen molar-refractivity contribution in [3.05, 3.63) is 18.0 Å². The fourth-order valence-corrected chi connectivity index (χ4v) is 1.14. The maximum Gasteiger partial charge on any atom is 0.234 e. The van der Waals surface area contributed by atoms with Crippen LogP contribution in [-0.2, 0) is 11.3 Å². The standard InChI is InChI=1S/C9H13N3O2/c13-9(11-7-1-2-7)6-10-5-8-3-4-14-12-8/h3-4,7,10H,1-2,5-6H2,(H,11,13). The van der Waals surface area contributed by atoms with Crippen LogP contribution < -0.4 is 10.6 Å². The molecule has 0 unspecified atom stereocenters. The maximum absolute atomic E-state index is 11.2. The Hall–Kier alpha value is -1.36. The number of hydrogen-bond donors (Lipinski definition) is 2. The highest BCUT2D eigenvalue weighted by Gasteiger charge is 2.22. The topological polar surface area (TPSA) is 67.2 Å². The molecule has 1 aromatic rings. The van der Waals surface area contributed by atoms with Gasteiger partial charge in [-0.3, -0.25) is 4.79 Å². The highest BCUT2D eigenvalue weighted by molar-refractivity contribution is 5.78. The molecule has 14 heavy (non-hydrogen) atoms. The molecule has 1 aliphatic carbocycles. The second-order valence-electron chi connectivity index (χ2n) is 3.44. The van der Waals surface area contributed by atoms with Crippen molar-refractivity contribution in [2.45, 2.75) is 25.4 Å². The molecule has 1 amide bonds. The summed E-state index contributed by atoms with van der Waals surface area (Å²) in [6, 6.07) is 2.20. The van der Waals surface area contributed by atoms with E-state index in [2.05, 4.69) is 20.3 Å². The highest BCUT2D eigenvalue weighted by Crippen LogP contribution is 2.18. The first kappa shape index (κ1) is 9.21. The van der Waals surface area contributed by atoms with Crippen LogP contribution in [0.1, 0.15) is 18.5 Å². The van der Waals surface area contributed by atoms with Crippen LogP contribution in [-0.4, -0.2) is 23.7 Å². The molecule has 0 atom stereocenters. The fourth-order valence-electron chi connectivity index (χ4n) is 1.14. The van der Waals surface area contributed by atoms with E-state index < -0.39 is 0 Å². The van der Waals surface area contributed by atoms with E-state index in [9.17, 15) is 4.79 Å². The van der Waals surface area contributed by atoms with Crippen LogP contribution in [0.25, 0.3) is 0 Å². The molecule has 0 radical (unpaired) electrons. The van der Waals surface area contributed by atoms with Gasteiger partial charge < -0.3 is 15.2 Å². The van der Waals surface area contributed by atoms with Gasteiger partial charge >= 0.3 is 0 Å². The van der Waals surface area contributed by atoms with Gasteiger partial charge in [-0.15, -0.1) is 0 Å². The molecule has 76 valence electrons. The minimum Gasteiger partial charge on any atom is -0.364 e. The van der Waals surface area contributed by atoms with E-state index in [1.54, 1.807) is 6.07 Å². The van der Waals surface area contributed by atoms with E-state index in [1.165, 1.54) is 6.26 Å². The number of carbonyl (C=O) groups excluding carboxylic acids is 1. The van der Waals surface area contributed by atoms with Crippen molar-refractivity contribution in [1.82, 2.24) is 15.8 Å². The summed E-state index contributed by atoms with van der Waals surface area (Å²) in [5, 5.41) is 9.59. The van der Waals surface area contributed by atoms with Crippen molar-refractivity contribution >= 4 is 5.91 Å². The molecule has 5 nitrogen and oxygen atoms in total. The summed E-state index contributed by atoms with van der Waals surface area (Å²) in [4.78, 5) is 11.2. The third-order valence-corrected chi connectivity index (χ3v) is 2.03. The average molecular weight is 195 g/mol. The number of carbonyl (C=O) groups is 1. The molecule has 1 aliphatic rings. The number of aromatic nitrogens is 1. The van der Waals surface area contributed by atoms with Gasteiger partial charge in [-0.2, -0.15) is 0 Å². The Morgan fingerprint density at radius 2 is 2.50 bits per heavy atom. The molecule has 0 aliphatic heterocycles. The number of hydrogen-bond acceptors (Lipinski definition) is 4. The summed E-state index contributed by atoms with van der Waals surface area (Å²) in [6.45, 7) is 0.901. The van der Waals surface area contributed by atoms with Crippen LogP contribution in [0, 0.1) is 0 Å². The molecular weight excluding hydrogens is 182 g/mol. The molecule has 0 spiro atoms. The van der Waals surface area contributed by atoms with E-state index in [0.29, 0.717) is 19.1 Å². The first-order chi connectivity index (χ1) is 6.84. The Balaban J connectivity index is 1.60. The Morgan fingerprint density at radius 1 is 1.64 bits per heavy atom. The van der Waals surface area contributed by atoms with Gasteiger partial charge in [0.15, 0.2) is 0 Å². The Morgan fingerprint density at radius 3 is 3.14 bits per heavy atom. The van der Waals surface area contributed by atoms with Crippen molar-refractivity contribution in [3.8, 4) is 0 Å². The van der Waals surface area contributed by atoms with Gasteiger partial charge in [0.1, 0.15) is 6.26 Å². The van der Waals surface area contributed by atoms with Gasteiger partial charge in [0.25, 0.3) is 0 Å². The van der Waals surface area contributed by atoms with Gasteiger partial charge in [-0.25, -0.2) is 0 Å². The monoisotopic (exact) mass is 195 g/mol. The minimum absolute atomic E-state index is 0.0518. The van der Waals surface area contributed by atoms with Gasteiger partial charge in [0, 0.05) is 18.7 Å². The van der Waals surface area contributed by atoms with E-state index in [-0.39, 0.29) is 5.91 Å². The van der Waals surface area contributed by atoms with Gasteiger partial charge in [0.2, 0.25) is 5.91 Å². The normalized spacial score (nSPS) is 15.4. The fraction of sp³-hybridized carbons (Fsp3) is 0.556. The zero-order valence-corrected chi connectivity index (χ0v) is 7.82. The zero-order valence-electron chi connectivity index (χ0n) is 7.82. The van der Waals surface area contributed by atoms with Crippen molar-refractivity contribution < 1.29 is 9.32 Å². The van der Waals surface area contributed by atoms with Gasteiger partial charge in [-0.05, 0) is 12.8 Å². The number of nitrogens with zero attached hydrogens (tertiary/aromatic N) is 1. The lowest BCUT2D eigenvalue weighted by atomic mass is 10.4. The summed E-state index contributed by atoms with van der Waals surface area (Å²) in [5.74, 6) is 0.0518. The number of amides is 1. The van der Waals surface area contributed by atoms with Crippen LogP contribution in [0.15, 0.2) is 16.9 Å². The van der Waals surface area contributed by atoms with Crippen LogP contribution in [0.2, 0.25) is 0 Å². The summed E-state index contributed by atoms with van der Waals surface area (Å²) in [7, 11) is 0. The minimum atomic E-state index is 0.0518. The predicted molar refractivity (Wildman–Crippen MR) is 49.4 cm³/mol. The quantitative estimate of drug-likeness (QED) is 0.696. The van der Waals surface area contributed by atoms with E-state index in [1.807, 2.05) is 0 Å². The van der Waals surface area contributed by atoms with Crippen LogP contribution in [0.3, 0.4) is 0 Å². The van der Waals surface area contributed by atoms with Crippen molar-refractivity contribution in [1.29, 1.82) is 0 Å². The molecule has 1 fully saturated rings. The maximum atomic E-state index is 11.2. The van der Waals surface area contributed by atoms with Crippen molar-refractivity contribution in [2.75, 3.05) is 6.54 Å². The van der Waals surface area contributed by atoms with Gasteiger partial charge in [0.05, 0.1) is 12.2 Å². The molecule has 0 saturated heterocycles. The lowest BCUT2D eigenvalue weighted by molar-refractivity contribution is -0.120. The lowest BCUT2D eigenvalue weighted by Crippen LogP contribution is -2.34. The van der Waals surface area contributed by atoms with E-state index >= 15 is 0 Å². The number of nitrogens with one attached hydrogen (secondary N) is 2. The molecule has 1 saturated carbocycles. The lowest BCUT2D eigenvalue weighted by Gasteiger charge is -2.03. The number of rotatable bonds is 5. The first-order valence-corrected chi connectivity index (χ1v) is 4.74. The molecule has 1 aromatic heterocycles. The van der Waals surface area contributed by atoms with Crippen molar-refractivity contribution in [2.24, 2.45) is 0 Å². The Kier molecular flexibility index (Phi) is 2.78. The molecule has 0 aromatic carbocycles. The average Bonchev–Trinajstić information content (AvgIpc) is 2.82. The van der Waals surface area contributed by atoms with Crippen LogP contribution in [0.4, 0.5) is 0 Å². The molecule has 0 bridgehead atoms. The molecule has 1 heterocycles. The third-order valence-electron chi connectivity index (χ3n) is 2.03. The van der Waals surface area contributed by atoms with Crippen LogP contribution >= 0.6 is 0 Å². The van der Waals surface area contributed by atoms with E-state index in [4.69, 9.17) is 0 Å². The van der Waals surface area contributed by atoms with Gasteiger partial charge in [-0.1, -0.05) is 5.16 Å². The van der Waals surface area contributed by atoms with Crippen LogP contribution in [0.5, 0.6) is 0 Å². The van der Waals surface area contributed by atoms with Crippen molar-refractivity contribution in [3.63, 3.8) is 0 Å². The summed E-state index contributed by atoms with van der Waals surface area (Å²) in [6.07, 6.45) is 3.76. The SMILES string of the molecule is O=C(CNCc1ccon1)NC1CC1. The molecule has 2 rings (SSSR count). The summed E-state index contributed by atoms with van der Waals surface area (Å²) in [5.41, 5.74) is 0.809. The largest absolute Gasteiger partial charge is 0.364 e.